The number of fused-ring (bicyclic) bond motifs is 3. The third kappa shape index (κ3) is 3.29. The van der Waals surface area contributed by atoms with Crippen LogP contribution in [0.3, 0.4) is 0 Å². The Morgan fingerprint density at radius 1 is 0.362 bits per heavy atom. The summed E-state index contributed by atoms with van der Waals surface area (Å²) in [6.07, 6.45) is 5.40. The normalized spacial score (nSPS) is 12.8. The molecule has 0 N–H and O–H groups in total. The van der Waals surface area contributed by atoms with Gasteiger partial charge in [-0.05, 0) is 106 Å². The maximum atomic E-state index is 6.32. The molecule has 0 fully saturated rings. The van der Waals surface area contributed by atoms with E-state index in [1.165, 1.54) is 80.5 Å². The topological polar surface area (TPSA) is 13.1 Å². The minimum absolute atomic E-state index is 0.910. The van der Waals surface area contributed by atoms with E-state index in [2.05, 4.69) is 146 Å². The van der Waals surface area contributed by atoms with Crippen LogP contribution in [0, 0.1) is 0 Å². The highest BCUT2D eigenvalue weighted by molar-refractivity contribution is 7.94. The lowest BCUT2D eigenvalue weighted by molar-refractivity contribution is 0.669. The summed E-state index contributed by atoms with van der Waals surface area (Å²) in [4.78, 5) is 0. The molecule has 0 aliphatic carbocycles. The van der Waals surface area contributed by atoms with Gasteiger partial charge in [0.2, 0.25) is 0 Å². The van der Waals surface area contributed by atoms with Gasteiger partial charge in [-0.3, -0.25) is 0 Å². The first-order chi connectivity index (χ1) is 23.2. The summed E-state index contributed by atoms with van der Waals surface area (Å²) in [7, 11) is 0. The molecule has 0 spiro atoms. The molecule has 1 nitrogen and oxygen atoms in total. The lowest BCUT2D eigenvalue weighted by Gasteiger charge is -2.30. The van der Waals surface area contributed by atoms with Crippen molar-refractivity contribution < 1.29 is 4.42 Å². The van der Waals surface area contributed by atoms with E-state index in [1.807, 2.05) is 6.07 Å². The van der Waals surface area contributed by atoms with Crippen molar-refractivity contribution in [2.75, 3.05) is 0 Å². The summed E-state index contributed by atoms with van der Waals surface area (Å²) in [6, 6.07) is 56.2. The van der Waals surface area contributed by atoms with Crippen LogP contribution >= 0.6 is 6.89 Å². The van der Waals surface area contributed by atoms with Crippen LogP contribution in [-0.4, -0.2) is 6.30 Å². The summed E-state index contributed by atoms with van der Waals surface area (Å²) in [5.41, 5.74) is 1.82. The van der Waals surface area contributed by atoms with Crippen molar-refractivity contribution in [1.29, 1.82) is 0 Å². The molecule has 0 unspecified atom stereocenters. The molecule has 0 aliphatic rings. The van der Waals surface area contributed by atoms with Crippen LogP contribution in [0.5, 0.6) is 0 Å². The van der Waals surface area contributed by atoms with Crippen molar-refractivity contribution in [1.82, 2.24) is 0 Å². The van der Waals surface area contributed by atoms with Gasteiger partial charge < -0.3 is 4.42 Å². The van der Waals surface area contributed by atoms with Crippen molar-refractivity contribution in [3.63, 3.8) is 0 Å². The van der Waals surface area contributed by atoms with E-state index in [4.69, 9.17) is 10.7 Å². The van der Waals surface area contributed by atoms with Gasteiger partial charge in [0, 0.05) is 10.8 Å². The number of furan rings is 1. The second-order valence-electron chi connectivity index (χ2n) is 13.0. The summed E-state index contributed by atoms with van der Waals surface area (Å²) in [5.74, 6) is 0. The predicted octanol–water partition coefficient (Wildman–Crippen LogP) is 11.1. The van der Waals surface area contributed by atoms with Crippen molar-refractivity contribution in [2.45, 2.75) is 0 Å². The molecule has 0 amide bonds. The second kappa shape index (κ2) is 9.01. The number of rotatable bonds is 3. The van der Waals surface area contributed by atoms with Gasteiger partial charge in [0.15, 0.2) is 0 Å². The largest absolute Gasteiger partial charge is 0.456 e. The zero-order valence-electron chi connectivity index (χ0n) is 25.5. The van der Waals surface area contributed by atoms with Crippen LogP contribution in [0.1, 0.15) is 0 Å². The monoisotopic (exact) mass is 614 g/mol. The Kier molecular flexibility index (Phi) is 4.90. The Morgan fingerprint density at radius 2 is 0.830 bits per heavy atom. The zero-order valence-corrected chi connectivity index (χ0v) is 26.4. The molecule has 2 heteroatoms. The van der Waals surface area contributed by atoms with E-state index in [1.54, 1.807) is 0 Å². The first-order valence-electron chi connectivity index (χ1n) is 16.2. The van der Waals surface area contributed by atoms with Crippen molar-refractivity contribution in [3.05, 3.63) is 152 Å². The fourth-order valence-electron chi connectivity index (χ4n) is 8.46. The maximum Gasteiger partial charge on any atom is 0.135 e. The second-order valence-corrected chi connectivity index (χ2v) is 16.1. The Hall–Kier alpha value is -5.62. The Labute approximate surface area is 270 Å². The Morgan fingerprint density at radius 3 is 1.40 bits per heavy atom. The van der Waals surface area contributed by atoms with Crippen molar-refractivity contribution >= 4 is 116 Å². The quantitative estimate of drug-likeness (QED) is 0.143. The smallest absolute Gasteiger partial charge is 0.135 e. The molecule has 11 rings (SSSR count). The lowest BCUT2D eigenvalue weighted by atomic mass is 9.94. The first kappa shape index (κ1) is 25.6. The highest BCUT2D eigenvalue weighted by Crippen LogP contribution is 2.49. The average Bonchev–Trinajstić information content (AvgIpc) is 3.50. The molecule has 0 aliphatic heterocycles. The molecule has 11 aromatic rings. The van der Waals surface area contributed by atoms with E-state index in [0.29, 0.717) is 0 Å². The molecule has 0 saturated heterocycles. The first-order valence-corrected chi connectivity index (χ1v) is 18.1. The average molecular weight is 615 g/mol. The number of benzene rings is 10. The van der Waals surface area contributed by atoms with Crippen LogP contribution in [0.25, 0.3) is 86.6 Å². The molecular formula is C45H27OP. The molecule has 0 saturated carbocycles. The molecule has 1 aromatic heterocycles. The Balaban J connectivity index is 1.32. The van der Waals surface area contributed by atoms with Crippen LogP contribution in [0.2, 0.25) is 0 Å². The SMILES string of the molecule is C=P(c1ccc2oc3ccccc3c2c1)(c1ccc2ccc3cccc4ccc1c2c34)c1ccc2ccc3cccc4ccc1c2c34. The highest BCUT2D eigenvalue weighted by Gasteiger charge is 2.29. The molecule has 1 heterocycles. The van der Waals surface area contributed by atoms with E-state index in [9.17, 15) is 0 Å². The number of para-hydroxylation sites is 1. The number of hydrogen-bond donors (Lipinski definition) is 0. The third-order valence-corrected chi connectivity index (χ3v) is 14.2. The maximum absolute atomic E-state index is 6.32. The van der Waals surface area contributed by atoms with E-state index >= 15 is 0 Å². The minimum Gasteiger partial charge on any atom is -0.456 e. The third-order valence-electron chi connectivity index (χ3n) is 10.6. The molecule has 218 valence electrons. The molecule has 10 aromatic carbocycles. The zero-order chi connectivity index (χ0) is 30.9. The van der Waals surface area contributed by atoms with Gasteiger partial charge in [-0.1, -0.05) is 140 Å². The molecule has 0 radical (unpaired) electrons. The van der Waals surface area contributed by atoms with Gasteiger partial charge in [0.25, 0.3) is 0 Å². The van der Waals surface area contributed by atoms with E-state index < -0.39 is 6.89 Å². The minimum atomic E-state index is -2.49. The molecule has 47 heavy (non-hydrogen) atoms. The number of hydrogen-bond acceptors (Lipinski definition) is 1. The Bertz CT molecular complexity index is 2920. The van der Waals surface area contributed by atoms with Gasteiger partial charge in [-0.2, -0.15) is 0 Å². The van der Waals surface area contributed by atoms with Gasteiger partial charge in [-0.15, -0.1) is 0 Å². The van der Waals surface area contributed by atoms with Crippen LogP contribution in [-0.2, 0) is 0 Å². The van der Waals surface area contributed by atoms with Crippen molar-refractivity contribution in [3.8, 4) is 0 Å². The van der Waals surface area contributed by atoms with Crippen LogP contribution in [0.15, 0.2) is 156 Å². The van der Waals surface area contributed by atoms with Gasteiger partial charge in [0.1, 0.15) is 11.2 Å². The summed E-state index contributed by atoms with van der Waals surface area (Å²) in [6.45, 7) is -2.49. The molecule has 0 atom stereocenters. The molecular weight excluding hydrogens is 587 g/mol. The predicted molar refractivity (Wildman–Crippen MR) is 207 cm³/mol. The van der Waals surface area contributed by atoms with Crippen LogP contribution in [0.4, 0.5) is 0 Å². The van der Waals surface area contributed by atoms with Gasteiger partial charge >= 0.3 is 0 Å². The van der Waals surface area contributed by atoms with E-state index in [-0.39, 0.29) is 0 Å². The molecule has 0 bridgehead atoms. The lowest BCUT2D eigenvalue weighted by Crippen LogP contribution is -2.27. The van der Waals surface area contributed by atoms with Crippen LogP contribution < -0.4 is 15.9 Å². The van der Waals surface area contributed by atoms with Crippen molar-refractivity contribution in [2.24, 2.45) is 0 Å². The standard InChI is InChI=1S/C45H27OP/c1-47(33-20-23-39-37(26-33)34-10-2-3-11-38(34)46-39,40-24-18-31-14-12-27-6-4-8-29-16-21-35(40)44(31)42(27)29)41-25-19-32-15-13-28-7-5-9-30-17-22-36(41)45(32)43(28)30/h2-26H,1H2. The van der Waals surface area contributed by atoms with Gasteiger partial charge in [0.05, 0.1) is 0 Å². The summed E-state index contributed by atoms with van der Waals surface area (Å²) < 4.78 is 6.32. The fourth-order valence-corrected chi connectivity index (χ4v) is 11.8. The van der Waals surface area contributed by atoms with E-state index in [0.717, 1.165) is 21.9 Å². The fraction of sp³-hybridized carbons (Fsp3) is 0. The summed E-state index contributed by atoms with van der Waals surface area (Å²) in [5, 5.41) is 21.7. The van der Waals surface area contributed by atoms with Gasteiger partial charge in [-0.25, -0.2) is 0 Å². The highest BCUT2D eigenvalue weighted by atomic mass is 31.2. The summed E-state index contributed by atoms with van der Waals surface area (Å²) >= 11 is 0.